The number of nitrogens with one attached hydrogen (secondary N) is 2. The summed E-state index contributed by atoms with van der Waals surface area (Å²) in [7, 11) is 0. The summed E-state index contributed by atoms with van der Waals surface area (Å²) in [5, 5.41) is 11.5. The summed E-state index contributed by atoms with van der Waals surface area (Å²) >= 11 is 0. The maximum atomic E-state index is 12.5. The van der Waals surface area contributed by atoms with Crippen molar-refractivity contribution in [2.45, 2.75) is 37.6 Å². The Morgan fingerprint density at radius 1 is 0.969 bits per heavy atom. The largest absolute Gasteiger partial charge is 0.479 e. The van der Waals surface area contributed by atoms with E-state index in [1.807, 2.05) is 24.3 Å². The van der Waals surface area contributed by atoms with Crippen LogP contribution >= 0.6 is 0 Å². The van der Waals surface area contributed by atoms with Crippen LogP contribution in [0.3, 0.4) is 0 Å². The predicted octanol–water partition coefficient (Wildman–Crippen LogP) is 3.22. The quantitative estimate of drug-likeness (QED) is 0.546. The number of aliphatic carboxylic acids is 1. The number of carboxylic acids is 1. The Morgan fingerprint density at radius 3 is 2.28 bits per heavy atom. The molecule has 2 atom stereocenters. The van der Waals surface area contributed by atoms with Crippen molar-refractivity contribution in [1.82, 2.24) is 10.8 Å². The van der Waals surface area contributed by atoms with Gasteiger partial charge in [-0.1, -0.05) is 55.0 Å². The molecular weight excluding hydrogens is 412 g/mol. The average Bonchev–Trinajstić information content (AvgIpc) is 3.34. The number of ether oxygens (including phenoxy) is 1. The lowest BCUT2D eigenvalue weighted by atomic mass is 9.98. The van der Waals surface area contributed by atoms with Gasteiger partial charge in [0.15, 0.2) is 6.61 Å². The molecule has 2 aromatic carbocycles. The van der Waals surface area contributed by atoms with Crippen LogP contribution in [0.25, 0.3) is 11.1 Å². The van der Waals surface area contributed by atoms with Gasteiger partial charge in [0, 0.05) is 18.4 Å². The summed E-state index contributed by atoms with van der Waals surface area (Å²) in [4.78, 5) is 39.6. The van der Waals surface area contributed by atoms with Crippen LogP contribution < -0.4 is 10.8 Å². The lowest BCUT2D eigenvalue weighted by Gasteiger charge is -2.21. The van der Waals surface area contributed by atoms with Gasteiger partial charge in [-0.15, -0.1) is 0 Å². The number of rotatable bonds is 8. The predicted molar refractivity (Wildman–Crippen MR) is 116 cm³/mol. The van der Waals surface area contributed by atoms with Crippen molar-refractivity contribution in [3.8, 4) is 11.1 Å². The van der Waals surface area contributed by atoms with Crippen molar-refractivity contribution in [1.29, 1.82) is 0 Å². The number of benzene rings is 2. The molecular formula is C24H26N2O6. The first-order valence-electron chi connectivity index (χ1n) is 10.8. The highest BCUT2D eigenvalue weighted by Crippen LogP contribution is 2.44. The van der Waals surface area contributed by atoms with Crippen LogP contribution in [0.5, 0.6) is 0 Å². The Labute approximate surface area is 185 Å². The number of fused-ring (bicyclic) bond motifs is 3. The fourth-order valence-corrected chi connectivity index (χ4v) is 4.72. The van der Waals surface area contributed by atoms with E-state index in [0.29, 0.717) is 0 Å². The summed E-state index contributed by atoms with van der Waals surface area (Å²) in [6.45, 7) is -0.363. The number of carboxylic acid groups (broad SMARTS) is 1. The van der Waals surface area contributed by atoms with Crippen LogP contribution in [0.15, 0.2) is 48.5 Å². The van der Waals surface area contributed by atoms with E-state index in [4.69, 9.17) is 9.84 Å². The zero-order valence-electron chi connectivity index (χ0n) is 17.6. The summed E-state index contributed by atoms with van der Waals surface area (Å²) in [5.41, 5.74) is 6.78. The number of hydrogen-bond donors (Lipinski definition) is 3. The van der Waals surface area contributed by atoms with E-state index >= 15 is 0 Å². The molecule has 1 saturated carbocycles. The second-order valence-electron chi connectivity index (χ2n) is 8.18. The molecule has 168 valence electrons. The molecule has 4 rings (SSSR count). The highest BCUT2D eigenvalue weighted by atomic mass is 16.7. The number of hydrogen-bond acceptors (Lipinski definition) is 5. The third-order valence-electron chi connectivity index (χ3n) is 6.14. The van der Waals surface area contributed by atoms with Gasteiger partial charge < -0.3 is 15.2 Å². The Hall–Kier alpha value is -3.39. The van der Waals surface area contributed by atoms with Crippen molar-refractivity contribution in [2.24, 2.45) is 5.92 Å². The molecule has 2 aliphatic carbocycles. The lowest BCUT2D eigenvalue weighted by Crippen LogP contribution is -2.40. The van der Waals surface area contributed by atoms with Crippen molar-refractivity contribution < 1.29 is 29.1 Å². The molecule has 8 nitrogen and oxygen atoms in total. The van der Waals surface area contributed by atoms with E-state index in [0.717, 1.165) is 30.4 Å². The van der Waals surface area contributed by atoms with Crippen molar-refractivity contribution in [3.63, 3.8) is 0 Å². The molecule has 0 saturated heterocycles. The summed E-state index contributed by atoms with van der Waals surface area (Å²) in [6, 6.07) is 16.1. The Bertz CT molecular complexity index is 962. The molecule has 3 N–H and O–H groups in total. The van der Waals surface area contributed by atoms with Crippen LogP contribution in [0.2, 0.25) is 0 Å². The third kappa shape index (κ3) is 4.91. The van der Waals surface area contributed by atoms with Gasteiger partial charge in [-0.25, -0.2) is 15.1 Å². The van der Waals surface area contributed by atoms with E-state index < -0.39 is 24.6 Å². The molecule has 2 aromatic rings. The number of alkyl carbamates (subject to hydrolysis) is 1. The molecule has 1 fully saturated rings. The van der Waals surface area contributed by atoms with E-state index in [2.05, 4.69) is 39.9 Å². The van der Waals surface area contributed by atoms with Crippen molar-refractivity contribution in [3.05, 3.63) is 59.7 Å². The normalized spacial score (nSPS) is 19.1. The zero-order valence-corrected chi connectivity index (χ0v) is 17.6. The molecule has 0 bridgehead atoms. The number of hydroxylamine groups is 1. The lowest BCUT2D eigenvalue weighted by molar-refractivity contribution is -0.149. The number of amides is 2. The monoisotopic (exact) mass is 438 g/mol. The minimum absolute atomic E-state index is 0.00955. The van der Waals surface area contributed by atoms with Crippen LogP contribution in [0.4, 0.5) is 4.79 Å². The number of carbonyl (C=O) groups excluding carboxylic acids is 2. The first-order chi connectivity index (χ1) is 15.5. The smallest absolute Gasteiger partial charge is 0.407 e. The van der Waals surface area contributed by atoms with E-state index in [-0.39, 0.29) is 30.9 Å². The van der Waals surface area contributed by atoms with Gasteiger partial charge in [0.1, 0.15) is 6.61 Å². The fourth-order valence-electron chi connectivity index (χ4n) is 4.72. The third-order valence-corrected chi connectivity index (χ3v) is 6.14. The van der Waals surface area contributed by atoms with Gasteiger partial charge in [0.05, 0.1) is 0 Å². The summed E-state index contributed by atoms with van der Waals surface area (Å²) < 4.78 is 5.61. The molecule has 0 aromatic heterocycles. The van der Waals surface area contributed by atoms with Gasteiger partial charge in [-0.2, -0.15) is 0 Å². The molecule has 2 unspecified atom stereocenters. The van der Waals surface area contributed by atoms with Crippen molar-refractivity contribution >= 4 is 18.0 Å². The molecule has 0 heterocycles. The van der Waals surface area contributed by atoms with E-state index in [9.17, 15) is 14.4 Å². The molecule has 0 radical (unpaired) electrons. The van der Waals surface area contributed by atoms with Crippen LogP contribution in [0.1, 0.15) is 42.7 Å². The summed E-state index contributed by atoms with van der Waals surface area (Å²) in [6.07, 6.45) is 2.10. The molecule has 2 aliphatic rings. The Balaban J connectivity index is 1.30. The van der Waals surface area contributed by atoms with Crippen molar-refractivity contribution in [2.75, 3.05) is 13.2 Å². The molecule has 32 heavy (non-hydrogen) atoms. The minimum atomic E-state index is -1.17. The fraction of sp³-hybridized carbons (Fsp3) is 0.375. The SMILES string of the molecule is O=C(O)CONC(=O)CC1CCCC1NC(=O)OCC1c2ccccc2-c2ccccc21. The summed E-state index contributed by atoms with van der Waals surface area (Å²) in [5.74, 6) is -1.63. The van der Waals surface area contributed by atoms with E-state index in [1.165, 1.54) is 11.1 Å². The van der Waals surface area contributed by atoms with Gasteiger partial charge >= 0.3 is 12.1 Å². The zero-order chi connectivity index (χ0) is 22.5. The standard InChI is InChI=1S/C24H26N2O6/c27-22(26-32-14-23(28)29)12-15-6-5-11-21(15)25-24(30)31-13-20-18-9-3-1-7-16(18)17-8-2-4-10-19(17)20/h1-4,7-10,15,20-21H,5-6,11-14H2,(H,25,30)(H,26,27)(H,28,29). The molecule has 0 spiro atoms. The Kier molecular flexibility index (Phi) is 6.70. The van der Waals surface area contributed by atoms with Crippen LogP contribution in [-0.4, -0.2) is 42.3 Å². The minimum Gasteiger partial charge on any atom is -0.479 e. The maximum absolute atomic E-state index is 12.5. The van der Waals surface area contributed by atoms with Gasteiger partial charge in [0.25, 0.3) is 0 Å². The average molecular weight is 438 g/mol. The Morgan fingerprint density at radius 2 is 1.62 bits per heavy atom. The highest BCUT2D eigenvalue weighted by Gasteiger charge is 2.32. The second kappa shape index (κ2) is 9.82. The topological polar surface area (TPSA) is 114 Å². The first kappa shape index (κ1) is 21.8. The maximum Gasteiger partial charge on any atom is 0.407 e. The second-order valence-corrected chi connectivity index (χ2v) is 8.18. The van der Waals surface area contributed by atoms with Gasteiger partial charge in [-0.3, -0.25) is 9.63 Å². The van der Waals surface area contributed by atoms with Gasteiger partial charge in [0.2, 0.25) is 5.91 Å². The van der Waals surface area contributed by atoms with Crippen LogP contribution in [-0.2, 0) is 19.2 Å². The molecule has 8 heteroatoms. The molecule has 0 aliphatic heterocycles. The van der Waals surface area contributed by atoms with Crippen LogP contribution in [0, 0.1) is 5.92 Å². The number of carbonyl (C=O) groups is 3. The van der Waals surface area contributed by atoms with E-state index in [1.54, 1.807) is 0 Å². The highest BCUT2D eigenvalue weighted by molar-refractivity contribution is 5.79. The first-order valence-corrected chi connectivity index (χ1v) is 10.8. The van der Waals surface area contributed by atoms with Gasteiger partial charge in [-0.05, 0) is 41.0 Å². The molecule has 2 amide bonds.